The average molecular weight is 368 g/mol. The molecule has 0 aliphatic heterocycles. The molecule has 2 rings (SSSR count). The predicted molar refractivity (Wildman–Crippen MR) is 95.6 cm³/mol. The minimum atomic E-state index is -0.0767. The maximum absolute atomic E-state index is 11.9. The quantitative estimate of drug-likeness (QED) is 0.759. The van der Waals surface area contributed by atoms with Crippen molar-refractivity contribution >= 4 is 29.1 Å². The number of benzene rings is 2. The molecule has 0 fully saturated rings. The second-order valence-electron chi connectivity index (χ2n) is 5.20. The van der Waals surface area contributed by atoms with Crippen molar-refractivity contribution in [3.05, 3.63) is 63.6 Å². The van der Waals surface area contributed by atoms with E-state index in [0.717, 1.165) is 11.1 Å². The monoisotopic (exact) mass is 367 g/mol. The summed E-state index contributed by atoms with van der Waals surface area (Å²) in [5, 5.41) is 3.76. The van der Waals surface area contributed by atoms with Crippen molar-refractivity contribution in [2.24, 2.45) is 0 Å². The van der Waals surface area contributed by atoms with Crippen molar-refractivity contribution in [1.82, 2.24) is 5.32 Å². The number of methoxy groups -OCH3 is 1. The molecule has 24 heavy (non-hydrogen) atoms. The highest BCUT2D eigenvalue weighted by atomic mass is 35.5. The van der Waals surface area contributed by atoms with Crippen LogP contribution in [0.3, 0.4) is 0 Å². The van der Waals surface area contributed by atoms with Gasteiger partial charge in [-0.2, -0.15) is 0 Å². The van der Waals surface area contributed by atoms with Crippen LogP contribution in [0.15, 0.2) is 42.5 Å². The van der Waals surface area contributed by atoms with Crippen LogP contribution in [-0.2, 0) is 22.7 Å². The number of rotatable bonds is 8. The van der Waals surface area contributed by atoms with Gasteiger partial charge in [0.1, 0.15) is 5.75 Å². The molecule has 4 nitrogen and oxygen atoms in total. The molecule has 0 unspecified atom stereocenters. The number of nitrogens with one attached hydrogen (secondary N) is 1. The van der Waals surface area contributed by atoms with E-state index in [2.05, 4.69) is 5.32 Å². The van der Waals surface area contributed by atoms with E-state index in [0.29, 0.717) is 28.9 Å². The Morgan fingerprint density at radius 1 is 1.08 bits per heavy atom. The van der Waals surface area contributed by atoms with Crippen molar-refractivity contribution < 1.29 is 14.3 Å². The van der Waals surface area contributed by atoms with Gasteiger partial charge >= 0.3 is 0 Å². The van der Waals surface area contributed by atoms with E-state index in [1.165, 1.54) is 0 Å². The van der Waals surface area contributed by atoms with Crippen LogP contribution in [0.5, 0.6) is 5.75 Å². The van der Waals surface area contributed by atoms with Crippen LogP contribution in [0.25, 0.3) is 0 Å². The molecule has 128 valence electrons. The first kappa shape index (κ1) is 18.6. The average Bonchev–Trinajstić information content (AvgIpc) is 2.57. The molecule has 2 aromatic carbocycles. The Morgan fingerprint density at radius 2 is 1.88 bits per heavy atom. The van der Waals surface area contributed by atoms with Gasteiger partial charge in [0.15, 0.2) is 0 Å². The molecule has 0 spiro atoms. The SMILES string of the molecule is COCc1cccc(CNC(=O)CCOc2ccc(Cl)c(Cl)c2)c1. The summed E-state index contributed by atoms with van der Waals surface area (Å²) in [5.74, 6) is 0.511. The number of halogens is 2. The zero-order chi connectivity index (χ0) is 17.4. The largest absolute Gasteiger partial charge is 0.493 e. The van der Waals surface area contributed by atoms with Gasteiger partial charge in [-0.15, -0.1) is 0 Å². The summed E-state index contributed by atoms with van der Waals surface area (Å²) in [6.07, 6.45) is 0.262. The Kier molecular flexibility index (Phi) is 7.37. The summed E-state index contributed by atoms with van der Waals surface area (Å²) >= 11 is 11.7. The molecular formula is C18H19Cl2NO3. The Bertz CT molecular complexity index is 692. The number of carbonyl (C=O) groups is 1. The molecule has 0 radical (unpaired) electrons. The Labute approximate surface area is 151 Å². The van der Waals surface area contributed by atoms with Crippen LogP contribution in [0.1, 0.15) is 17.5 Å². The lowest BCUT2D eigenvalue weighted by atomic mass is 10.1. The van der Waals surface area contributed by atoms with Crippen molar-refractivity contribution in [1.29, 1.82) is 0 Å². The molecule has 2 aromatic rings. The summed E-state index contributed by atoms with van der Waals surface area (Å²) in [6, 6.07) is 12.9. The van der Waals surface area contributed by atoms with Gasteiger partial charge in [0, 0.05) is 19.7 Å². The first-order valence-electron chi connectivity index (χ1n) is 7.50. The van der Waals surface area contributed by atoms with E-state index in [9.17, 15) is 4.79 Å². The van der Waals surface area contributed by atoms with Gasteiger partial charge in [0.2, 0.25) is 5.91 Å². The lowest BCUT2D eigenvalue weighted by Crippen LogP contribution is -2.24. The smallest absolute Gasteiger partial charge is 0.223 e. The molecule has 0 saturated heterocycles. The van der Waals surface area contributed by atoms with Crippen LogP contribution in [0.4, 0.5) is 0 Å². The minimum absolute atomic E-state index is 0.0767. The Hall–Kier alpha value is -1.75. The van der Waals surface area contributed by atoms with E-state index in [1.807, 2.05) is 24.3 Å². The van der Waals surface area contributed by atoms with Crippen LogP contribution < -0.4 is 10.1 Å². The van der Waals surface area contributed by atoms with E-state index >= 15 is 0 Å². The molecule has 0 heterocycles. The topological polar surface area (TPSA) is 47.6 Å². The molecule has 0 aliphatic rings. The van der Waals surface area contributed by atoms with Crippen LogP contribution in [-0.4, -0.2) is 19.6 Å². The van der Waals surface area contributed by atoms with E-state index in [-0.39, 0.29) is 18.9 Å². The van der Waals surface area contributed by atoms with Crippen molar-refractivity contribution in [2.45, 2.75) is 19.6 Å². The molecule has 6 heteroatoms. The predicted octanol–water partition coefficient (Wildman–Crippen LogP) is 4.23. The summed E-state index contributed by atoms with van der Waals surface area (Å²) < 4.78 is 10.6. The van der Waals surface area contributed by atoms with E-state index in [4.69, 9.17) is 32.7 Å². The first-order valence-corrected chi connectivity index (χ1v) is 8.25. The van der Waals surface area contributed by atoms with E-state index in [1.54, 1.807) is 25.3 Å². The van der Waals surface area contributed by atoms with Gasteiger partial charge in [0.25, 0.3) is 0 Å². The third kappa shape index (κ3) is 6.04. The summed E-state index contributed by atoms with van der Waals surface area (Å²) in [6.45, 7) is 1.30. The molecule has 1 N–H and O–H groups in total. The highest BCUT2D eigenvalue weighted by Gasteiger charge is 2.04. The Balaban J connectivity index is 1.73. The molecule has 0 bridgehead atoms. The van der Waals surface area contributed by atoms with Crippen LogP contribution >= 0.6 is 23.2 Å². The number of hydrogen-bond acceptors (Lipinski definition) is 3. The Morgan fingerprint density at radius 3 is 2.62 bits per heavy atom. The second kappa shape index (κ2) is 9.52. The number of amides is 1. The third-order valence-corrected chi connectivity index (χ3v) is 4.02. The number of ether oxygens (including phenoxy) is 2. The summed E-state index contributed by atoms with van der Waals surface area (Å²) in [4.78, 5) is 11.9. The fourth-order valence-corrected chi connectivity index (χ4v) is 2.40. The maximum atomic E-state index is 11.9. The first-order chi connectivity index (χ1) is 11.6. The van der Waals surface area contributed by atoms with Gasteiger partial charge in [-0.25, -0.2) is 0 Å². The lowest BCUT2D eigenvalue weighted by molar-refractivity contribution is -0.121. The van der Waals surface area contributed by atoms with Gasteiger partial charge in [-0.3, -0.25) is 4.79 Å². The second-order valence-corrected chi connectivity index (χ2v) is 6.02. The fraction of sp³-hybridized carbons (Fsp3) is 0.278. The summed E-state index contributed by atoms with van der Waals surface area (Å²) in [7, 11) is 1.66. The van der Waals surface area contributed by atoms with Crippen LogP contribution in [0, 0.1) is 0 Å². The number of carbonyl (C=O) groups excluding carboxylic acids is 1. The summed E-state index contributed by atoms with van der Waals surface area (Å²) in [5.41, 5.74) is 2.11. The number of hydrogen-bond donors (Lipinski definition) is 1. The molecule has 0 aliphatic carbocycles. The van der Waals surface area contributed by atoms with Gasteiger partial charge in [-0.1, -0.05) is 47.5 Å². The molecule has 1 amide bonds. The van der Waals surface area contributed by atoms with Gasteiger partial charge in [0.05, 0.1) is 29.7 Å². The third-order valence-electron chi connectivity index (χ3n) is 3.28. The molecule has 0 saturated carbocycles. The maximum Gasteiger partial charge on any atom is 0.223 e. The fourth-order valence-electron chi connectivity index (χ4n) is 2.11. The molecule has 0 atom stereocenters. The van der Waals surface area contributed by atoms with Crippen molar-refractivity contribution in [3.63, 3.8) is 0 Å². The minimum Gasteiger partial charge on any atom is -0.493 e. The standard InChI is InChI=1S/C18H19Cl2NO3/c1-23-12-14-4-2-3-13(9-14)11-21-18(22)7-8-24-15-5-6-16(19)17(20)10-15/h2-6,9-10H,7-8,11-12H2,1H3,(H,21,22). The highest BCUT2D eigenvalue weighted by molar-refractivity contribution is 6.42. The van der Waals surface area contributed by atoms with Crippen molar-refractivity contribution in [2.75, 3.05) is 13.7 Å². The van der Waals surface area contributed by atoms with E-state index < -0.39 is 0 Å². The molecular weight excluding hydrogens is 349 g/mol. The zero-order valence-electron chi connectivity index (χ0n) is 13.4. The zero-order valence-corrected chi connectivity index (χ0v) is 14.9. The van der Waals surface area contributed by atoms with Crippen molar-refractivity contribution in [3.8, 4) is 5.75 Å². The van der Waals surface area contributed by atoms with Gasteiger partial charge < -0.3 is 14.8 Å². The molecule has 0 aromatic heterocycles. The van der Waals surface area contributed by atoms with Gasteiger partial charge in [-0.05, 0) is 23.3 Å². The normalized spacial score (nSPS) is 10.5. The van der Waals surface area contributed by atoms with Crippen LogP contribution in [0.2, 0.25) is 10.0 Å². The lowest BCUT2D eigenvalue weighted by Gasteiger charge is -2.09. The highest BCUT2D eigenvalue weighted by Crippen LogP contribution is 2.26.